The van der Waals surface area contributed by atoms with Gasteiger partial charge in [0, 0.05) is 12.8 Å². The first kappa shape index (κ1) is 13.3. The molecule has 17 heavy (non-hydrogen) atoms. The third-order valence-electron chi connectivity index (χ3n) is 5.27. The highest BCUT2D eigenvalue weighted by Crippen LogP contribution is 2.52. The SMILES string of the molecule is CCC1CC(C)(CCC(C)C2CC(F)(F)C2)C1. The second-order valence-electron chi connectivity index (χ2n) is 7.03. The van der Waals surface area contributed by atoms with Gasteiger partial charge in [-0.1, -0.05) is 27.2 Å². The number of hydrogen-bond acceptors (Lipinski definition) is 0. The molecular weight excluding hydrogens is 218 g/mol. The Hall–Kier alpha value is -0.140. The standard InChI is InChI=1S/C15H26F2/c1-4-12-7-14(3,8-12)6-5-11(2)13-9-15(16,17)10-13/h11-13H,4-10H2,1-3H3. The third kappa shape index (κ3) is 3.00. The number of hydrogen-bond donors (Lipinski definition) is 0. The summed E-state index contributed by atoms with van der Waals surface area (Å²) in [7, 11) is 0. The van der Waals surface area contributed by atoms with Crippen molar-refractivity contribution in [3.05, 3.63) is 0 Å². The van der Waals surface area contributed by atoms with Crippen molar-refractivity contribution in [2.75, 3.05) is 0 Å². The molecule has 1 unspecified atom stereocenters. The second kappa shape index (κ2) is 4.51. The summed E-state index contributed by atoms with van der Waals surface area (Å²) >= 11 is 0. The molecule has 0 amide bonds. The molecule has 2 heteroatoms. The smallest absolute Gasteiger partial charge is 0.207 e. The summed E-state index contributed by atoms with van der Waals surface area (Å²) in [5.41, 5.74) is 0.529. The monoisotopic (exact) mass is 244 g/mol. The van der Waals surface area contributed by atoms with Crippen molar-refractivity contribution < 1.29 is 8.78 Å². The van der Waals surface area contributed by atoms with Crippen LogP contribution in [0.4, 0.5) is 8.78 Å². The second-order valence-corrected chi connectivity index (χ2v) is 7.03. The summed E-state index contributed by atoms with van der Waals surface area (Å²) in [5, 5.41) is 0. The van der Waals surface area contributed by atoms with E-state index in [1.165, 1.54) is 25.7 Å². The van der Waals surface area contributed by atoms with Crippen molar-refractivity contribution in [3.8, 4) is 0 Å². The molecule has 100 valence electrons. The van der Waals surface area contributed by atoms with E-state index in [9.17, 15) is 8.78 Å². The molecule has 0 spiro atoms. The predicted molar refractivity (Wildman–Crippen MR) is 67.2 cm³/mol. The van der Waals surface area contributed by atoms with E-state index in [1.807, 2.05) is 0 Å². The molecule has 2 saturated carbocycles. The average Bonchev–Trinajstić information content (AvgIpc) is 2.18. The molecule has 0 aromatic heterocycles. The van der Waals surface area contributed by atoms with Crippen molar-refractivity contribution in [2.45, 2.75) is 71.6 Å². The number of alkyl halides is 2. The topological polar surface area (TPSA) is 0 Å². The fraction of sp³-hybridized carbons (Fsp3) is 1.00. The number of halogens is 2. The van der Waals surface area contributed by atoms with Gasteiger partial charge in [-0.2, -0.15) is 0 Å². The Labute approximate surface area is 104 Å². The van der Waals surface area contributed by atoms with Crippen molar-refractivity contribution in [3.63, 3.8) is 0 Å². The highest BCUT2D eigenvalue weighted by Gasteiger charge is 2.47. The van der Waals surface area contributed by atoms with Gasteiger partial charge in [0.2, 0.25) is 5.92 Å². The van der Waals surface area contributed by atoms with Gasteiger partial charge >= 0.3 is 0 Å². The van der Waals surface area contributed by atoms with E-state index < -0.39 is 5.92 Å². The van der Waals surface area contributed by atoms with Crippen molar-refractivity contribution in [2.24, 2.45) is 23.2 Å². The Bertz CT molecular complexity index is 258. The van der Waals surface area contributed by atoms with Crippen LogP contribution in [0, 0.1) is 23.2 Å². The van der Waals surface area contributed by atoms with Crippen molar-refractivity contribution >= 4 is 0 Å². The Kier molecular flexibility index (Phi) is 3.53. The van der Waals surface area contributed by atoms with Crippen LogP contribution in [0.2, 0.25) is 0 Å². The minimum absolute atomic E-state index is 0.141. The fourth-order valence-electron chi connectivity index (χ4n) is 3.75. The van der Waals surface area contributed by atoms with Crippen molar-refractivity contribution in [1.29, 1.82) is 0 Å². The molecule has 0 nitrogen and oxygen atoms in total. The lowest BCUT2D eigenvalue weighted by Crippen LogP contribution is -2.40. The van der Waals surface area contributed by atoms with E-state index in [-0.39, 0.29) is 18.8 Å². The van der Waals surface area contributed by atoms with Crippen LogP contribution in [0.1, 0.15) is 65.7 Å². The molecule has 0 heterocycles. The van der Waals surface area contributed by atoms with E-state index in [2.05, 4.69) is 20.8 Å². The first-order chi connectivity index (χ1) is 7.84. The molecule has 2 aliphatic rings. The van der Waals surface area contributed by atoms with Crippen LogP contribution in [0.3, 0.4) is 0 Å². The first-order valence-electron chi connectivity index (χ1n) is 7.21. The zero-order chi connectivity index (χ0) is 12.7. The predicted octanol–water partition coefficient (Wildman–Crippen LogP) is 5.27. The maximum absolute atomic E-state index is 12.8. The van der Waals surface area contributed by atoms with Crippen LogP contribution in [0.15, 0.2) is 0 Å². The largest absolute Gasteiger partial charge is 0.248 e. The maximum atomic E-state index is 12.8. The Morgan fingerprint density at radius 2 is 1.76 bits per heavy atom. The van der Waals surface area contributed by atoms with Gasteiger partial charge in [0.1, 0.15) is 0 Å². The zero-order valence-electron chi connectivity index (χ0n) is 11.4. The van der Waals surface area contributed by atoms with Crippen LogP contribution in [-0.4, -0.2) is 5.92 Å². The summed E-state index contributed by atoms with van der Waals surface area (Å²) in [6.07, 6.45) is 6.69. The Morgan fingerprint density at radius 3 is 2.24 bits per heavy atom. The molecule has 0 aliphatic heterocycles. The van der Waals surface area contributed by atoms with Gasteiger partial charge in [-0.15, -0.1) is 0 Å². The lowest BCUT2D eigenvalue weighted by atomic mass is 9.59. The van der Waals surface area contributed by atoms with Gasteiger partial charge in [0.25, 0.3) is 0 Å². The van der Waals surface area contributed by atoms with Crippen molar-refractivity contribution in [1.82, 2.24) is 0 Å². The van der Waals surface area contributed by atoms with Crippen LogP contribution >= 0.6 is 0 Å². The van der Waals surface area contributed by atoms with Crippen LogP contribution in [0.25, 0.3) is 0 Å². The minimum Gasteiger partial charge on any atom is -0.207 e. The van der Waals surface area contributed by atoms with Gasteiger partial charge in [0.15, 0.2) is 0 Å². The molecule has 1 atom stereocenters. The molecule has 0 saturated heterocycles. The average molecular weight is 244 g/mol. The van der Waals surface area contributed by atoms with Crippen LogP contribution in [0.5, 0.6) is 0 Å². The van der Waals surface area contributed by atoms with Gasteiger partial charge in [0.05, 0.1) is 0 Å². The molecule has 0 aromatic carbocycles. The van der Waals surface area contributed by atoms with Crippen LogP contribution < -0.4 is 0 Å². The van der Waals surface area contributed by atoms with Crippen LogP contribution in [-0.2, 0) is 0 Å². The lowest BCUT2D eigenvalue weighted by molar-refractivity contribution is -0.126. The van der Waals surface area contributed by atoms with E-state index >= 15 is 0 Å². The lowest BCUT2D eigenvalue weighted by Gasteiger charge is -2.47. The molecule has 0 bridgehead atoms. The Balaban J connectivity index is 1.66. The molecular formula is C15H26F2. The van der Waals surface area contributed by atoms with Gasteiger partial charge < -0.3 is 0 Å². The van der Waals surface area contributed by atoms with Gasteiger partial charge in [-0.05, 0) is 48.9 Å². The Morgan fingerprint density at radius 1 is 1.18 bits per heavy atom. The molecule has 2 rings (SSSR count). The minimum atomic E-state index is -2.34. The molecule has 2 fully saturated rings. The normalized spacial score (nSPS) is 38.3. The van der Waals surface area contributed by atoms with E-state index in [0.717, 1.165) is 12.3 Å². The fourth-order valence-corrected chi connectivity index (χ4v) is 3.75. The first-order valence-corrected chi connectivity index (χ1v) is 7.21. The highest BCUT2D eigenvalue weighted by atomic mass is 19.3. The van der Waals surface area contributed by atoms with E-state index in [1.54, 1.807) is 0 Å². The summed E-state index contributed by atoms with van der Waals surface area (Å²) in [6.45, 7) is 6.81. The molecule has 0 aromatic rings. The number of rotatable bonds is 5. The van der Waals surface area contributed by atoms with E-state index in [0.29, 0.717) is 11.3 Å². The molecule has 2 aliphatic carbocycles. The molecule has 0 radical (unpaired) electrons. The quantitative estimate of drug-likeness (QED) is 0.617. The maximum Gasteiger partial charge on any atom is 0.248 e. The summed E-state index contributed by atoms with van der Waals surface area (Å²) in [5.74, 6) is -0.627. The van der Waals surface area contributed by atoms with Gasteiger partial charge in [-0.3, -0.25) is 0 Å². The van der Waals surface area contributed by atoms with Gasteiger partial charge in [-0.25, -0.2) is 8.78 Å². The summed E-state index contributed by atoms with van der Waals surface area (Å²) in [4.78, 5) is 0. The summed E-state index contributed by atoms with van der Waals surface area (Å²) in [6, 6.07) is 0. The van der Waals surface area contributed by atoms with E-state index in [4.69, 9.17) is 0 Å². The summed E-state index contributed by atoms with van der Waals surface area (Å²) < 4.78 is 25.6. The third-order valence-corrected chi connectivity index (χ3v) is 5.27. The zero-order valence-corrected chi connectivity index (χ0v) is 11.4. The highest BCUT2D eigenvalue weighted by molar-refractivity contribution is 4.92. The molecule has 0 N–H and O–H groups in total.